The van der Waals surface area contributed by atoms with Crippen LogP contribution in [0.1, 0.15) is 19.0 Å². The van der Waals surface area contributed by atoms with Crippen molar-refractivity contribution in [3.05, 3.63) is 41.2 Å². The zero-order chi connectivity index (χ0) is 19.2. The van der Waals surface area contributed by atoms with Crippen molar-refractivity contribution in [1.29, 1.82) is 0 Å². The van der Waals surface area contributed by atoms with E-state index in [1.54, 1.807) is 6.07 Å². The molecule has 0 unspecified atom stereocenters. The normalized spacial score (nSPS) is 17.0. The second-order valence-corrected chi connectivity index (χ2v) is 7.97. The highest BCUT2D eigenvalue weighted by molar-refractivity contribution is 7.13. The van der Waals surface area contributed by atoms with Crippen molar-refractivity contribution in [2.24, 2.45) is 0 Å². The molecular weight excluding hydrogens is 363 g/mol. The van der Waals surface area contributed by atoms with E-state index < -0.39 is 0 Å². The van der Waals surface area contributed by atoms with E-state index in [0.717, 1.165) is 55.4 Å². The molecule has 1 aromatic heterocycles. The lowest BCUT2D eigenvalue weighted by Crippen LogP contribution is -2.50. The van der Waals surface area contributed by atoms with Crippen LogP contribution in [0.25, 0.3) is 10.6 Å². The minimum Gasteiger partial charge on any atom is -0.352 e. The molecule has 0 aliphatic carbocycles. The Balaban J connectivity index is 1.52. The molecule has 2 heterocycles. The topological polar surface area (TPSA) is 48.5 Å². The summed E-state index contributed by atoms with van der Waals surface area (Å²) in [6, 6.07) is 6.53. The Morgan fingerprint density at radius 3 is 2.81 bits per heavy atom. The summed E-state index contributed by atoms with van der Waals surface area (Å²) in [4.78, 5) is 21.7. The first-order chi connectivity index (χ1) is 13.0. The largest absolute Gasteiger partial charge is 0.352 e. The first-order valence-corrected chi connectivity index (χ1v) is 10.3. The predicted molar refractivity (Wildman–Crippen MR) is 107 cm³/mol. The second-order valence-electron chi connectivity index (χ2n) is 7.11. The molecule has 1 aliphatic rings. The van der Waals surface area contributed by atoms with Crippen LogP contribution in [0.15, 0.2) is 29.6 Å². The van der Waals surface area contributed by atoms with Gasteiger partial charge in [-0.05, 0) is 25.6 Å². The number of rotatable bonds is 7. The molecule has 1 aliphatic heterocycles. The Kier molecular flexibility index (Phi) is 6.93. The van der Waals surface area contributed by atoms with Gasteiger partial charge in [0.05, 0.1) is 12.1 Å². The number of hydrogen-bond donors (Lipinski definition) is 1. The first-order valence-electron chi connectivity index (χ1n) is 9.44. The summed E-state index contributed by atoms with van der Waals surface area (Å²) in [7, 11) is 2.14. The van der Waals surface area contributed by atoms with E-state index in [-0.39, 0.29) is 24.2 Å². The third kappa shape index (κ3) is 5.82. The Labute approximate surface area is 164 Å². The van der Waals surface area contributed by atoms with Gasteiger partial charge in [0, 0.05) is 49.7 Å². The van der Waals surface area contributed by atoms with Gasteiger partial charge < -0.3 is 10.2 Å². The highest BCUT2D eigenvalue weighted by atomic mass is 32.1. The number of likely N-dealkylation sites (N-methyl/N-ethyl adjacent to an activating group) is 1. The molecule has 27 heavy (non-hydrogen) atoms. The number of halogens is 1. The van der Waals surface area contributed by atoms with Crippen LogP contribution < -0.4 is 5.32 Å². The average Bonchev–Trinajstić information content (AvgIpc) is 3.11. The maximum atomic E-state index is 13.4. The number of benzene rings is 1. The fourth-order valence-corrected chi connectivity index (χ4v) is 4.02. The maximum absolute atomic E-state index is 13.4. The number of amides is 1. The molecule has 2 aromatic rings. The van der Waals surface area contributed by atoms with Crippen LogP contribution >= 0.6 is 11.3 Å². The standard InChI is InChI=1S/C20H27FN4OS/c1-3-17(13-25-9-7-24(2)8-10-25)22-19(26)12-18-14-27-20(23-18)15-5-4-6-16(21)11-15/h4-6,11,14,17H,3,7-10,12-13H2,1-2H3,(H,22,26)/t17-/m0/s1. The summed E-state index contributed by atoms with van der Waals surface area (Å²) < 4.78 is 13.4. The van der Waals surface area contributed by atoms with Crippen molar-refractivity contribution < 1.29 is 9.18 Å². The predicted octanol–water partition coefficient (Wildman–Crippen LogP) is 2.63. The van der Waals surface area contributed by atoms with E-state index in [1.807, 2.05) is 11.4 Å². The summed E-state index contributed by atoms with van der Waals surface area (Å²) in [6.07, 6.45) is 1.16. The number of aromatic nitrogens is 1. The smallest absolute Gasteiger partial charge is 0.226 e. The third-order valence-corrected chi connectivity index (χ3v) is 5.84. The number of hydrogen-bond acceptors (Lipinski definition) is 5. The molecule has 1 aromatic carbocycles. The summed E-state index contributed by atoms with van der Waals surface area (Å²) >= 11 is 1.44. The number of nitrogens with one attached hydrogen (secondary N) is 1. The Bertz CT molecular complexity index is 758. The van der Waals surface area contributed by atoms with Crippen molar-refractivity contribution in [2.75, 3.05) is 39.8 Å². The number of carbonyl (C=O) groups excluding carboxylic acids is 1. The third-order valence-electron chi connectivity index (χ3n) is 4.90. The van der Waals surface area contributed by atoms with E-state index in [2.05, 4.69) is 34.1 Å². The van der Waals surface area contributed by atoms with E-state index in [1.165, 1.54) is 23.5 Å². The zero-order valence-corrected chi connectivity index (χ0v) is 16.8. The van der Waals surface area contributed by atoms with Gasteiger partial charge in [0.2, 0.25) is 5.91 Å². The molecule has 1 fully saturated rings. The Morgan fingerprint density at radius 2 is 2.11 bits per heavy atom. The van der Waals surface area contributed by atoms with Crippen LogP contribution in [-0.4, -0.2) is 66.5 Å². The molecule has 1 N–H and O–H groups in total. The van der Waals surface area contributed by atoms with Gasteiger partial charge in [-0.1, -0.05) is 19.1 Å². The van der Waals surface area contributed by atoms with E-state index in [9.17, 15) is 9.18 Å². The highest BCUT2D eigenvalue weighted by Crippen LogP contribution is 2.24. The van der Waals surface area contributed by atoms with Crippen LogP contribution in [0, 0.1) is 5.82 Å². The molecule has 0 saturated carbocycles. The molecule has 1 atom stereocenters. The van der Waals surface area contributed by atoms with Crippen molar-refractivity contribution in [2.45, 2.75) is 25.8 Å². The van der Waals surface area contributed by atoms with Crippen LogP contribution in [0.4, 0.5) is 4.39 Å². The first kappa shape index (κ1) is 19.9. The molecule has 0 spiro atoms. The average molecular weight is 391 g/mol. The Morgan fingerprint density at radius 1 is 1.33 bits per heavy atom. The van der Waals surface area contributed by atoms with Crippen molar-refractivity contribution in [3.63, 3.8) is 0 Å². The lowest BCUT2D eigenvalue weighted by atomic mass is 10.1. The van der Waals surface area contributed by atoms with Gasteiger partial charge >= 0.3 is 0 Å². The minimum atomic E-state index is -0.281. The highest BCUT2D eigenvalue weighted by Gasteiger charge is 2.19. The number of piperazine rings is 1. The van der Waals surface area contributed by atoms with E-state index in [0.29, 0.717) is 0 Å². The molecule has 0 radical (unpaired) electrons. The summed E-state index contributed by atoms with van der Waals surface area (Å²) in [5, 5.41) is 5.76. The maximum Gasteiger partial charge on any atom is 0.226 e. The minimum absolute atomic E-state index is 0.00734. The monoisotopic (exact) mass is 390 g/mol. The lowest BCUT2D eigenvalue weighted by Gasteiger charge is -2.34. The molecule has 1 amide bonds. The molecule has 1 saturated heterocycles. The molecule has 7 heteroatoms. The Hall–Kier alpha value is -1.83. The van der Waals surface area contributed by atoms with Gasteiger partial charge in [0.25, 0.3) is 0 Å². The SMILES string of the molecule is CC[C@@H](CN1CCN(C)CC1)NC(=O)Cc1csc(-c2cccc(F)c2)n1. The van der Waals surface area contributed by atoms with Gasteiger partial charge in [-0.2, -0.15) is 0 Å². The fraction of sp³-hybridized carbons (Fsp3) is 0.500. The van der Waals surface area contributed by atoms with Crippen LogP contribution in [0.3, 0.4) is 0 Å². The number of thiazole rings is 1. The second kappa shape index (κ2) is 9.39. The fourth-order valence-electron chi connectivity index (χ4n) is 3.20. The van der Waals surface area contributed by atoms with Gasteiger partial charge in [0.15, 0.2) is 0 Å². The molecule has 5 nitrogen and oxygen atoms in total. The van der Waals surface area contributed by atoms with Crippen molar-refractivity contribution in [3.8, 4) is 10.6 Å². The quantitative estimate of drug-likeness (QED) is 0.790. The number of nitrogens with zero attached hydrogens (tertiary/aromatic N) is 3. The van der Waals surface area contributed by atoms with Crippen LogP contribution in [0.2, 0.25) is 0 Å². The van der Waals surface area contributed by atoms with Crippen LogP contribution in [-0.2, 0) is 11.2 Å². The molecule has 146 valence electrons. The lowest BCUT2D eigenvalue weighted by molar-refractivity contribution is -0.121. The van der Waals surface area contributed by atoms with Gasteiger partial charge in [-0.25, -0.2) is 9.37 Å². The summed E-state index contributed by atoms with van der Waals surface area (Å²) in [6.45, 7) is 7.24. The zero-order valence-electron chi connectivity index (χ0n) is 15.9. The number of carbonyl (C=O) groups is 1. The van der Waals surface area contributed by atoms with Crippen molar-refractivity contribution in [1.82, 2.24) is 20.1 Å². The van der Waals surface area contributed by atoms with Gasteiger partial charge in [-0.3, -0.25) is 9.69 Å². The molecule has 0 bridgehead atoms. The van der Waals surface area contributed by atoms with Gasteiger partial charge in [-0.15, -0.1) is 11.3 Å². The summed E-state index contributed by atoms with van der Waals surface area (Å²) in [5.74, 6) is -0.288. The molecular formula is C20H27FN4OS. The van der Waals surface area contributed by atoms with Gasteiger partial charge in [0.1, 0.15) is 10.8 Å². The van der Waals surface area contributed by atoms with Crippen LogP contribution in [0.5, 0.6) is 0 Å². The van der Waals surface area contributed by atoms with Crippen molar-refractivity contribution >= 4 is 17.2 Å². The van der Waals surface area contributed by atoms with E-state index >= 15 is 0 Å². The molecule has 3 rings (SSSR count). The summed E-state index contributed by atoms with van der Waals surface area (Å²) in [5.41, 5.74) is 1.47. The van der Waals surface area contributed by atoms with E-state index in [4.69, 9.17) is 0 Å².